The van der Waals surface area contributed by atoms with Crippen LogP contribution < -0.4 is 5.32 Å². The molecule has 1 aliphatic carbocycles. The highest BCUT2D eigenvalue weighted by atomic mass is 19.1. The first-order valence-electron chi connectivity index (χ1n) is 8.19. The SMILES string of the molecule is CCCNC(CCc1cc(F)ccc1C)C1CCCC1. The molecule has 0 aromatic heterocycles. The maximum absolute atomic E-state index is 13.4. The number of nitrogens with one attached hydrogen (secondary N) is 1. The van der Waals surface area contributed by atoms with Crippen molar-refractivity contribution in [2.75, 3.05) is 6.54 Å². The number of halogens is 1. The molecule has 0 aliphatic heterocycles. The second-order valence-corrected chi connectivity index (χ2v) is 6.21. The molecule has 0 spiro atoms. The molecule has 1 nitrogen and oxygen atoms in total. The standard InChI is InChI=1S/C18H28FN/c1-3-12-20-18(15-6-4-5-7-15)11-9-16-13-17(19)10-8-14(16)2/h8,10,13,15,18,20H,3-7,9,11-12H2,1-2H3. The first-order chi connectivity index (χ1) is 9.70. The van der Waals surface area contributed by atoms with Gasteiger partial charge >= 0.3 is 0 Å². The van der Waals surface area contributed by atoms with Gasteiger partial charge in [0.1, 0.15) is 5.82 Å². The van der Waals surface area contributed by atoms with Gasteiger partial charge in [-0.3, -0.25) is 0 Å². The minimum absolute atomic E-state index is 0.107. The minimum Gasteiger partial charge on any atom is -0.314 e. The van der Waals surface area contributed by atoms with Gasteiger partial charge in [-0.05, 0) is 74.8 Å². The third-order valence-electron chi connectivity index (χ3n) is 4.66. The average Bonchev–Trinajstić information content (AvgIpc) is 2.96. The van der Waals surface area contributed by atoms with Crippen LogP contribution in [0.5, 0.6) is 0 Å². The zero-order valence-electron chi connectivity index (χ0n) is 12.9. The van der Waals surface area contributed by atoms with Gasteiger partial charge in [-0.1, -0.05) is 25.8 Å². The minimum atomic E-state index is -0.107. The molecule has 0 saturated heterocycles. The van der Waals surface area contributed by atoms with E-state index in [1.165, 1.54) is 43.2 Å². The Morgan fingerprint density at radius 3 is 2.75 bits per heavy atom. The quantitative estimate of drug-likeness (QED) is 0.766. The summed E-state index contributed by atoms with van der Waals surface area (Å²) in [6.45, 7) is 5.40. The zero-order chi connectivity index (χ0) is 14.4. The fourth-order valence-electron chi connectivity index (χ4n) is 3.41. The molecule has 0 radical (unpaired) electrons. The van der Waals surface area contributed by atoms with E-state index in [0.29, 0.717) is 6.04 Å². The Morgan fingerprint density at radius 2 is 2.05 bits per heavy atom. The largest absolute Gasteiger partial charge is 0.314 e. The van der Waals surface area contributed by atoms with Gasteiger partial charge in [0, 0.05) is 6.04 Å². The van der Waals surface area contributed by atoms with Crippen molar-refractivity contribution < 1.29 is 4.39 Å². The molecule has 1 saturated carbocycles. The molecule has 1 atom stereocenters. The second kappa shape index (κ2) is 7.78. The molecule has 1 N–H and O–H groups in total. The Balaban J connectivity index is 1.94. The third kappa shape index (κ3) is 4.31. The van der Waals surface area contributed by atoms with Crippen molar-refractivity contribution in [1.29, 1.82) is 0 Å². The summed E-state index contributed by atoms with van der Waals surface area (Å²) < 4.78 is 13.4. The molecule has 112 valence electrons. The molecule has 2 rings (SSSR count). The average molecular weight is 277 g/mol. The predicted octanol–water partition coefficient (Wildman–Crippen LogP) is 4.63. The summed E-state index contributed by atoms with van der Waals surface area (Å²) in [6.07, 6.45) is 8.80. The molecule has 1 aromatic carbocycles. The molecular formula is C18H28FN. The maximum atomic E-state index is 13.4. The van der Waals surface area contributed by atoms with Gasteiger partial charge in [-0.15, -0.1) is 0 Å². The summed E-state index contributed by atoms with van der Waals surface area (Å²) in [7, 11) is 0. The van der Waals surface area contributed by atoms with Crippen LogP contribution in [-0.2, 0) is 6.42 Å². The van der Waals surface area contributed by atoms with Crippen molar-refractivity contribution in [2.24, 2.45) is 5.92 Å². The highest BCUT2D eigenvalue weighted by Crippen LogP contribution is 2.30. The lowest BCUT2D eigenvalue weighted by Gasteiger charge is -2.25. The van der Waals surface area contributed by atoms with Crippen LogP contribution in [0, 0.1) is 18.7 Å². The van der Waals surface area contributed by atoms with Gasteiger partial charge in [0.05, 0.1) is 0 Å². The highest BCUT2D eigenvalue weighted by molar-refractivity contribution is 5.26. The lowest BCUT2D eigenvalue weighted by molar-refractivity contribution is 0.340. The van der Waals surface area contributed by atoms with E-state index in [1.54, 1.807) is 12.1 Å². The topological polar surface area (TPSA) is 12.0 Å². The number of aryl methyl sites for hydroxylation is 2. The third-order valence-corrected chi connectivity index (χ3v) is 4.66. The van der Waals surface area contributed by atoms with Crippen LogP contribution in [0.2, 0.25) is 0 Å². The second-order valence-electron chi connectivity index (χ2n) is 6.21. The molecule has 20 heavy (non-hydrogen) atoms. The molecule has 1 unspecified atom stereocenters. The first-order valence-corrected chi connectivity index (χ1v) is 8.19. The van der Waals surface area contributed by atoms with Crippen molar-refractivity contribution in [2.45, 2.75) is 64.8 Å². The summed E-state index contributed by atoms with van der Waals surface area (Å²) >= 11 is 0. The van der Waals surface area contributed by atoms with Gasteiger partial charge < -0.3 is 5.32 Å². The molecule has 0 amide bonds. The Labute approximate surface area is 123 Å². The van der Waals surface area contributed by atoms with Crippen LogP contribution in [-0.4, -0.2) is 12.6 Å². The molecular weight excluding hydrogens is 249 g/mol. The molecule has 1 aliphatic rings. The lowest BCUT2D eigenvalue weighted by atomic mass is 9.91. The normalized spacial score (nSPS) is 17.6. The van der Waals surface area contributed by atoms with E-state index in [0.717, 1.165) is 25.3 Å². The number of rotatable bonds is 7. The lowest BCUT2D eigenvalue weighted by Crippen LogP contribution is -2.36. The summed E-state index contributed by atoms with van der Waals surface area (Å²) in [6, 6.07) is 5.78. The van der Waals surface area contributed by atoms with E-state index in [4.69, 9.17) is 0 Å². The first kappa shape index (κ1) is 15.5. The Bertz CT molecular complexity index is 410. The molecule has 1 fully saturated rings. The number of hydrogen-bond donors (Lipinski definition) is 1. The van der Waals surface area contributed by atoms with Gasteiger partial charge in [-0.25, -0.2) is 4.39 Å². The number of hydrogen-bond acceptors (Lipinski definition) is 1. The van der Waals surface area contributed by atoms with Crippen molar-refractivity contribution in [3.05, 3.63) is 35.1 Å². The van der Waals surface area contributed by atoms with Crippen molar-refractivity contribution >= 4 is 0 Å². The Morgan fingerprint density at radius 1 is 1.30 bits per heavy atom. The van der Waals surface area contributed by atoms with Crippen LogP contribution in [0.15, 0.2) is 18.2 Å². The monoisotopic (exact) mass is 277 g/mol. The summed E-state index contributed by atoms with van der Waals surface area (Å²) in [5, 5.41) is 3.72. The molecule has 0 heterocycles. The maximum Gasteiger partial charge on any atom is 0.123 e. The van der Waals surface area contributed by atoms with Crippen LogP contribution in [0.3, 0.4) is 0 Å². The van der Waals surface area contributed by atoms with E-state index >= 15 is 0 Å². The van der Waals surface area contributed by atoms with E-state index in [-0.39, 0.29) is 5.82 Å². The highest BCUT2D eigenvalue weighted by Gasteiger charge is 2.24. The van der Waals surface area contributed by atoms with E-state index in [2.05, 4.69) is 19.2 Å². The Kier molecular flexibility index (Phi) is 6.03. The molecule has 2 heteroatoms. The Hall–Kier alpha value is -0.890. The van der Waals surface area contributed by atoms with Crippen LogP contribution in [0.25, 0.3) is 0 Å². The smallest absolute Gasteiger partial charge is 0.123 e. The fraction of sp³-hybridized carbons (Fsp3) is 0.667. The molecule has 0 bridgehead atoms. The van der Waals surface area contributed by atoms with Gasteiger partial charge in [-0.2, -0.15) is 0 Å². The van der Waals surface area contributed by atoms with Crippen molar-refractivity contribution in [3.63, 3.8) is 0 Å². The summed E-state index contributed by atoms with van der Waals surface area (Å²) in [5.74, 6) is 0.722. The zero-order valence-corrected chi connectivity index (χ0v) is 12.9. The van der Waals surface area contributed by atoms with Gasteiger partial charge in [0.2, 0.25) is 0 Å². The fourth-order valence-corrected chi connectivity index (χ4v) is 3.41. The van der Waals surface area contributed by atoms with Crippen molar-refractivity contribution in [1.82, 2.24) is 5.32 Å². The van der Waals surface area contributed by atoms with Crippen LogP contribution in [0.4, 0.5) is 4.39 Å². The molecule has 1 aromatic rings. The van der Waals surface area contributed by atoms with Gasteiger partial charge in [0.15, 0.2) is 0 Å². The van der Waals surface area contributed by atoms with E-state index in [9.17, 15) is 4.39 Å². The predicted molar refractivity (Wildman–Crippen MR) is 83.5 cm³/mol. The van der Waals surface area contributed by atoms with Crippen molar-refractivity contribution in [3.8, 4) is 0 Å². The van der Waals surface area contributed by atoms with Crippen LogP contribution >= 0.6 is 0 Å². The summed E-state index contributed by atoms with van der Waals surface area (Å²) in [4.78, 5) is 0. The number of benzene rings is 1. The van der Waals surface area contributed by atoms with Crippen LogP contribution in [0.1, 0.15) is 56.6 Å². The summed E-state index contributed by atoms with van der Waals surface area (Å²) in [5.41, 5.74) is 2.39. The van der Waals surface area contributed by atoms with E-state index < -0.39 is 0 Å². The van der Waals surface area contributed by atoms with Gasteiger partial charge in [0.25, 0.3) is 0 Å². The van der Waals surface area contributed by atoms with E-state index in [1.807, 2.05) is 6.07 Å².